The Morgan fingerprint density at radius 2 is 0.722 bits per heavy atom. The number of hydrogen-bond acceptors (Lipinski definition) is 8. The van der Waals surface area contributed by atoms with Crippen molar-refractivity contribution in [3.05, 3.63) is 0 Å². The second-order valence-corrected chi connectivity index (χ2v) is 2.66. The summed E-state index contributed by atoms with van der Waals surface area (Å²) in [5.41, 5.74) is 0. The van der Waals surface area contributed by atoms with Gasteiger partial charge in [0, 0.05) is 0 Å². The lowest BCUT2D eigenvalue weighted by molar-refractivity contribution is -0.153. The van der Waals surface area contributed by atoms with Gasteiger partial charge in [-0.05, 0) is 0 Å². The van der Waals surface area contributed by atoms with E-state index < -0.39 is 23.9 Å². The molecule has 0 aliphatic heterocycles. The lowest BCUT2D eigenvalue weighted by Crippen LogP contribution is -2.09. The molecule has 0 heterocycles. The first kappa shape index (κ1) is 18.3. The van der Waals surface area contributed by atoms with Crippen LogP contribution in [0, 0.1) is 0 Å². The summed E-state index contributed by atoms with van der Waals surface area (Å²) in [6.07, 6.45) is -0.625. The molecule has 0 bridgehead atoms. The first-order valence-electron chi connectivity index (χ1n) is 4.68. The van der Waals surface area contributed by atoms with Crippen LogP contribution < -0.4 is 0 Å². The molecule has 8 nitrogen and oxygen atoms in total. The summed E-state index contributed by atoms with van der Waals surface area (Å²) in [7, 11) is 4.85. The largest absolute Gasteiger partial charge is 0.469 e. The summed E-state index contributed by atoms with van der Waals surface area (Å²) in [6.45, 7) is 0. The average molecular weight is 264 g/mol. The fourth-order valence-electron chi connectivity index (χ4n) is 0.524. The van der Waals surface area contributed by atoms with Crippen LogP contribution in [0.4, 0.5) is 0 Å². The van der Waals surface area contributed by atoms with Crippen LogP contribution in [0.5, 0.6) is 0 Å². The van der Waals surface area contributed by atoms with E-state index in [0.717, 1.165) is 0 Å². The van der Waals surface area contributed by atoms with Crippen LogP contribution in [0.1, 0.15) is 12.8 Å². The van der Waals surface area contributed by atoms with Crippen molar-refractivity contribution >= 4 is 23.9 Å². The Kier molecular flexibility index (Phi) is 11.5. The third-order valence-corrected chi connectivity index (χ3v) is 1.49. The zero-order valence-electron chi connectivity index (χ0n) is 10.7. The van der Waals surface area contributed by atoms with Gasteiger partial charge >= 0.3 is 23.9 Å². The number of carbonyl (C=O) groups excluding carboxylic acids is 4. The summed E-state index contributed by atoms with van der Waals surface area (Å²) < 4.78 is 16.7. The maximum atomic E-state index is 10.3. The highest BCUT2D eigenvalue weighted by Gasteiger charge is 2.08. The Balaban J connectivity index is 0. The van der Waals surface area contributed by atoms with Crippen molar-refractivity contribution in [1.82, 2.24) is 0 Å². The molecule has 0 saturated carbocycles. The lowest BCUT2D eigenvalue weighted by Gasteiger charge is -1.95. The van der Waals surface area contributed by atoms with Crippen molar-refractivity contribution in [1.29, 1.82) is 0 Å². The predicted molar refractivity (Wildman–Crippen MR) is 57.3 cm³/mol. The van der Waals surface area contributed by atoms with Gasteiger partial charge in [0.25, 0.3) is 0 Å². The van der Waals surface area contributed by atoms with Gasteiger partial charge in [0.15, 0.2) is 0 Å². The number of esters is 4. The molecule has 0 saturated heterocycles. The van der Waals surface area contributed by atoms with Crippen molar-refractivity contribution in [3.63, 3.8) is 0 Å². The zero-order chi connectivity index (χ0) is 14.6. The Morgan fingerprint density at radius 3 is 0.833 bits per heavy atom. The molecule has 0 amide bonds. The fourth-order valence-corrected chi connectivity index (χ4v) is 0.524. The molecule has 0 spiro atoms. The van der Waals surface area contributed by atoms with E-state index in [1.54, 1.807) is 0 Å². The van der Waals surface area contributed by atoms with Crippen LogP contribution in [0.2, 0.25) is 0 Å². The summed E-state index contributed by atoms with van der Waals surface area (Å²) in [5.74, 6) is -2.33. The lowest BCUT2D eigenvalue weighted by atomic mass is 10.4. The number of rotatable bonds is 4. The summed E-state index contributed by atoms with van der Waals surface area (Å²) in [6, 6.07) is 0. The molecule has 0 fully saturated rings. The molecule has 0 aromatic carbocycles. The molecule has 104 valence electrons. The van der Waals surface area contributed by atoms with Gasteiger partial charge in [0.05, 0.1) is 28.4 Å². The van der Waals surface area contributed by atoms with Crippen LogP contribution in [0.25, 0.3) is 0 Å². The van der Waals surface area contributed by atoms with Crippen molar-refractivity contribution < 1.29 is 38.1 Å². The van der Waals surface area contributed by atoms with E-state index >= 15 is 0 Å². The van der Waals surface area contributed by atoms with Gasteiger partial charge in [-0.1, -0.05) is 0 Å². The zero-order valence-corrected chi connectivity index (χ0v) is 10.7. The number of hydrogen-bond donors (Lipinski definition) is 0. The third kappa shape index (κ3) is 12.0. The van der Waals surface area contributed by atoms with Crippen LogP contribution in [0.3, 0.4) is 0 Å². The van der Waals surface area contributed by atoms with Crippen LogP contribution >= 0.6 is 0 Å². The van der Waals surface area contributed by atoms with Gasteiger partial charge in [0.2, 0.25) is 0 Å². The Hall–Kier alpha value is -2.12. The average Bonchev–Trinajstić information content (AvgIpc) is 2.38. The number of carbonyl (C=O) groups is 4. The summed E-state index contributed by atoms with van der Waals surface area (Å²) >= 11 is 0. The van der Waals surface area contributed by atoms with E-state index in [9.17, 15) is 19.2 Å². The molecule has 0 aliphatic carbocycles. The normalized spacial score (nSPS) is 8.22. The van der Waals surface area contributed by atoms with Gasteiger partial charge in [0.1, 0.15) is 12.8 Å². The van der Waals surface area contributed by atoms with Gasteiger partial charge in [-0.25, -0.2) is 0 Å². The minimum absolute atomic E-state index is 0.312. The molecule has 0 unspecified atom stereocenters. The topological polar surface area (TPSA) is 105 Å². The number of ether oxygens (including phenoxy) is 4. The smallest absolute Gasteiger partial charge is 0.316 e. The highest BCUT2D eigenvalue weighted by molar-refractivity contribution is 5.91. The summed E-state index contributed by atoms with van der Waals surface area (Å²) in [4.78, 5) is 41.0. The standard InChI is InChI=1S/2C5H8O4/c2*1-8-4(6)3-5(7)9-2/h2*3H2,1-2H3. The SMILES string of the molecule is COC(=O)CC(=O)OC.COC(=O)CC(=O)OC. The third-order valence-electron chi connectivity index (χ3n) is 1.49. The second kappa shape index (κ2) is 11.4. The fraction of sp³-hybridized carbons (Fsp3) is 0.600. The maximum absolute atomic E-state index is 10.3. The Labute approximate surface area is 104 Å². The Bertz CT molecular complexity index is 238. The van der Waals surface area contributed by atoms with Gasteiger partial charge in [-0.3, -0.25) is 19.2 Å². The molecule has 0 atom stereocenters. The first-order valence-corrected chi connectivity index (χ1v) is 4.68. The van der Waals surface area contributed by atoms with Crippen LogP contribution in [-0.2, 0) is 38.1 Å². The quantitative estimate of drug-likeness (QED) is 0.378. The molecular formula is C10H16O8. The van der Waals surface area contributed by atoms with Crippen molar-refractivity contribution in [2.24, 2.45) is 0 Å². The molecule has 0 radical (unpaired) electrons. The van der Waals surface area contributed by atoms with Crippen molar-refractivity contribution in [2.45, 2.75) is 12.8 Å². The molecule has 0 aromatic heterocycles. The van der Waals surface area contributed by atoms with Crippen LogP contribution in [-0.4, -0.2) is 52.3 Å². The highest BCUT2D eigenvalue weighted by atomic mass is 16.5. The predicted octanol–water partition coefficient (Wildman–Crippen LogP) is -0.555. The van der Waals surface area contributed by atoms with Gasteiger partial charge < -0.3 is 18.9 Å². The van der Waals surface area contributed by atoms with Crippen molar-refractivity contribution in [3.8, 4) is 0 Å². The van der Waals surface area contributed by atoms with E-state index in [4.69, 9.17) is 0 Å². The molecule has 18 heavy (non-hydrogen) atoms. The van der Waals surface area contributed by atoms with Gasteiger partial charge in [-0.15, -0.1) is 0 Å². The van der Waals surface area contributed by atoms with Crippen LogP contribution in [0.15, 0.2) is 0 Å². The van der Waals surface area contributed by atoms with E-state index in [0.29, 0.717) is 0 Å². The second-order valence-electron chi connectivity index (χ2n) is 2.66. The molecule has 0 N–H and O–H groups in total. The maximum Gasteiger partial charge on any atom is 0.316 e. The van der Waals surface area contributed by atoms with E-state index in [1.807, 2.05) is 0 Å². The highest BCUT2D eigenvalue weighted by Crippen LogP contribution is 1.86. The monoisotopic (exact) mass is 264 g/mol. The van der Waals surface area contributed by atoms with E-state index in [-0.39, 0.29) is 12.8 Å². The Morgan fingerprint density at radius 1 is 0.556 bits per heavy atom. The minimum atomic E-state index is -0.582. The molecule has 0 rings (SSSR count). The minimum Gasteiger partial charge on any atom is -0.469 e. The molecule has 0 aromatic rings. The molecular weight excluding hydrogens is 248 g/mol. The first-order chi connectivity index (χ1) is 8.40. The molecule has 8 heteroatoms. The van der Waals surface area contributed by atoms with Gasteiger partial charge in [-0.2, -0.15) is 0 Å². The number of methoxy groups -OCH3 is 4. The van der Waals surface area contributed by atoms with E-state index in [2.05, 4.69) is 18.9 Å². The van der Waals surface area contributed by atoms with Crippen molar-refractivity contribution in [2.75, 3.05) is 28.4 Å². The van der Waals surface area contributed by atoms with E-state index in [1.165, 1.54) is 28.4 Å². The molecule has 0 aliphatic rings. The summed E-state index contributed by atoms with van der Waals surface area (Å²) in [5, 5.41) is 0.